The molecule has 0 saturated heterocycles. The minimum Gasteiger partial charge on any atom is -0.484 e. The third kappa shape index (κ3) is 6.16. The lowest BCUT2D eigenvalue weighted by atomic mass is 10.1. The minimum atomic E-state index is -3.69. The van der Waals surface area contributed by atoms with Gasteiger partial charge in [0.05, 0.1) is 4.90 Å². The number of sulfonamides is 1. The molecule has 0 bridgehead atoms. The predicted molar refractivity (Wildman–Crippen MR) is 120 cm³/mol. The van der Waals surface area contributed by atoms with E-state index in [9.17, 15) is 13.2 Å². The van der Waals surface area contributed by atoms with Crippen molar-refractivity contribution in [3.8, 4) is 5.75 Å². The first kappa shape index (κ1) is 22.0. The minimum absolute atomic E-state index is 0.122. The number of carbonyl (C=O) groups excluding carboxylic acids is 1. The van der Waals surface area contributed by atoms with Crippen molar-refractivity contribution in [3.63, 3.8) is 0 Å². The van der Waals surface area contributed by atoms with E-state index in [1.165, 1.54) is 24.3 Å². The highest BCUT2D eigenvalue weighted by Gasteiger charge is 2.18. The number of rotatable bonds is 8. The molecule has 8 heteroatoms. The fourth-order valence-electron chi connectivity index (χ4n) is 2.70. The second-order valence-electron chi connectivity index (χ2n) is 6.57. The Hall–Kier alpha value is -2.68. The zero-order chi connectivity index (χ0) is 21.6. The summed E-state index contributed by atoms with van der Waals surface area (Å²) in [6.07, 6.45) is 0. The SMILES string of the molecule is C[C@H](NS(=O)(=O)c1ccc(OCC(=O)Nc2ccc(Br)cc2)cc1)c1ccccc1. The van der Waals surface area contributed by atoms with E-state index in [1.807, 2.05) is 42.5 Å². The standard InChI is InChI=1S/C22H21BrN2O4S/c1-16(17-5-3-2-4-6-17)25-30(27,28)21-13-11-20(12-14-21)29-15-22(26)24-19-9-7-18(23)8-10-19/h2-14,16,25H,15H2,1H3,(H,24,26)/t16-/m0/s1. The van der Waals surface area contributed by atoms with Gasteiger partial charge < -0.3 is 10.1 Å². The number of ether oxygens (including phenoxy) is 1. The Morgan fingerprint density at radius 1 is 0.967 bits per heavy atom. The smallest absolute Gasteiger partial charge is 0.262 e. The summed E-state index contributed by atoms with van der Waals surface area (Å²) in [5, 5.41) is 2.72. The van der Waals surface area contributed by atoms with Crippen LogP contribution in [0.5, 0.6) is 5.75 Å². The molecule has 3 rings (SSSR count). The highest BCUT2D eigenvalue weighted by molar-refractivity contribution is 9.10. The van der Waals surface area contributed by atoms with Gasteiger partial charge >= 0.3 is 0 Å². The summed E-state index contributed by atoms with van der Waals surface area (Å²) in [4.78, 5) is 12.1. The summed E-state index contributed by atoms with van der Waals surface area (Å²) < 4.78 is 34.2. The van der Waals surface area contributed by atoms with Crippen LogP contribution >= 0.6 is 15.9 Å². The molecule has 0 aliphatic rings. The number of amides is 1. The lowest BCUT2D eigenvalue weighted by Crippen LogP contribution is -2.26. The van der Waals surface area contributed by atoms with Gasteiger partial charge in [0.15, 0.2) is 6.61 Å². The number of benzene rings is 3. The van der Waals surface area contributed by atoms with Crippen molar-refractivity contribution in [3.05, 3.63) is 88.9 Å². The molecule has 0 radical (unpaired) electrons. The molecule has 3 aromatic rings. The number of carbonyl (C=O) groups is 1. The van der Waals surface area contributed by atoms with Gasteiger partial charge in [-0.3, -0.25) is 4.79 Å². The number of hydrogen-bond donors (Lipinski definition) is 2. The summed E-state index contributed by atoms with van der Waals surface area (Å²) in [5.74, 6) is 0.0865. The van der Waals surface area contributed by atoms with Gasteiger partial charge in [0.25, 0.3) is 5.91 Å². The molecular weight excluding hydrogens is 468 g/mol. The summed E-state index contributed by atoms with van der Waals surface area (Å²) >= 11 is 3.33. The van der Waals surface area contributed by atoms with Crippen LogP contribution in [0.25, 0.3) is 0 Å². The first-order valence-corrected chi connectivity index (χ1v) is 11.5. The monoisotopic (exact) mass is 488 g/mol. The zero-order valence-corrected chi connectivity index (χ0v) is 18.6. The van der Waals surface area contributed by atoms with Crippen molar-refractivity contribution in [2.75, 3.05) is 11.9 Å². The van der Waals surface area contributed by atoms with Gasteiger partial charge in [0, 0.05) is 16.2 Å². The van der Waals surface area contributed by atoms with Crippen molar-refractivity contribution in [1.29, 1.82) is 0 Å². The summed E-state index contributed by atoms with van der Waals surface area (Å²) in [5.41, 5.74) is 1.53. The average Bonchev–Trinajstić information content (AvgIpc) is 2.74. The lowest BCUT2D eigenvalue weighted by Gasteiger charge is -2.15. The first-order valence-electron chi connectivity index (χ1n) is 9.19. The maximum atomic E-state index is 12.6. The molecule has 30 heavy (non-hydrogen) atoms. The van der Waals surface area contributed by atoms with E-state index in [1.54, 1.807) is 19.1 Å². The molecule has 0 saturated carbocycles. The van der Waals surface area contributed by atoms with E-state index in [2.05, 4.69) is 26.0 Å². The number of halogens is 1. The van der Waals surface area contributed by atoms with Gasteiger partial charge in [-0.1, -0.05) is 46.3 Å². The fraction of sp³-hybridized carbons (Fsp3) is 0.136. The van der Waals surface area contributed by atoms with Crippen LogP contribution < -0.4 is 14.8 Å². The lowest BCUT2D eigenvalue weighted by molar-refractivity contribution is -0.118. The third-order valence-corrected chi connectivity index (χ3v) is 6.35. The summed E-state index contributed by atoms with van der Waals surface area (Å²) in [6, 6.07) is 22.1. The van der Waals surface area contributed by atoms with Crippen molar-refractivity contribution in [2.45, 2.75) is 17.9 Å². The molecule has 0 heterocycles. The van der Waals surface area contributed by atoms with Crippen LogP contribution in [-0.4, -0.2) is 20.9 Å². The van der Waals surface area contributed by atoms with Crippen molar-refractivity contribution in [2.24, 2.45) is 0 Å². The molecule has 156 valence electrons. The molecule has 1 atom stereocenters. The maximum absolute atomic E-state index is 12.6. The molecular formula is C22H21BrN2O4S. The van der Waals surface area contributed by atoms with Gasteiger partial charge in [-0.2, -0.15) is 0 Å². The van der Waals surface area contributed by atoms with E-state index in [0.717, 1.165) is 10.0 Å². The molecule has 0 aliphatic heterocycles. The Morgan fingerprint density at radius 3 is 2.23 bits per heavy atom. The van der Waals surface area contributed by atoms with Gasteiger partial charge in [-0.05, 0) is 61.0 Å². The Labute approximate surface area is 184 Å². The summed E-state index contributed by atoms with van der Waals surface area (Å²) in [7, 11) is -3.69. The third-order valence-electron chi connectivity index (χ3n) is 4.26. The van der Waals surface area contributed by atoms with Gasteiger partial charge in [-0.15, -0.1) is 0 Å². The Bertz CT molecular complexity index is 1090. The van der Waals surface area contributed by atoms with Crippen LogP contribution in [0.1, 0.15) is 18.5 Å². The Kier molecular flexibility index (Phi) is 7.25. The van der Waals surface area contributed by atoms with E-state index in [4.69, 9.17) is 4.74 Å². The molecule has 6 nitrogen and oxygen atoms in total. The van der Waals surface area contributed by atoms with Crippen LogP contribution in [0.15, 0.2) is 88.2 Å². The normalized spacial score (nSPS) is 12.2. The van der Waals surface area contributed by atoms with E-state index in [-0.39, 0.29) is 23.5 Å². The number of nitrogens with one attached hydrogen (secondary N) is 2. The molecule has 0 spiro atoms. The van der Waals surface area contributed by atoms with Gasteiger partial charge in [-0.25, -0.2) is 13.1 Å². The largest absolute Gasteiger partial charge is 0.484 e. The van der Waals surface area contributed by atoms with Gasteiger partial charge in [0.2, 0.25) is 10.0 Å². The topological polar surface area (TPSA) is 84.5 Å². The Morgan fingerprint density at radius 2 is 1.60 bits per heavy atom. The Balaban J connectivity index is 1.56. The van der Waals surface area contributed by atoms with E-state index in [0.29, 0.717) is 11.4 Å². The maximum Gasteiger partial charge on any atom is 0.262 e. The second-order valence-corrected chi connectivity index (χ2v) is 9.20. The second kappa shape index (κ2) is 9.88. The predicted octanol–water partition coefficient (Wildman–Crippen LogP) is 4.51. The van der Waals surface area contributed by atoms with E-state index >= 15 is 0 Å². The highest BCUT2D eigenvalue weighted by atomic mass is 79.9. The van der Waals surface area contributed by atoms with Crippen LogP contribution in [0.4, 0.5) is 5.69 Å². The van der Waals surface area contributed by atoms with Crippen molar-refractivity contribution >= 4 is 37.5 Å². The van der Waals surface area contributed by atoms with Crippen LogP contribution in [0, 0.1) is 0 Å². The van der Waals surface area contributed by atoms with Gasteiger partial charge in [0.1, 0.15) is 5.75 Å². The molecule has 2 N–H and O–H groups in total. The van der Waals surface area contributed by atoms with Crippen LogP contribution in [0.2, 0.25) is 0 Å². The zero-order valence-electron chi connectivity index (χ0n) is 16.2. The van der Waals surface area contributed by atoms with Crippen molar-refractivity contribution < 1.29 is 17.9 Å². The average molecular weight is 489 g/mol. The summed E-state index contributed by atoms with van der Waals surface area (Å²) in [6.45, 7) is 1.60. The molecule has 3 aromatic carbocycles. The fourth-order valence-corrected chi connectivity index (χ4v) is 4.20. The quantitative estimate of drug-likeness (QED) is 0.488. The molecule has 0 fully saturated rings. The van der Waals surface area contributed by atoms with Crippen LogP contribution in [0.3, 0.4) is 0 Å². The van der Waals surface area contributed by atoms with Crippen LogP contribution in [-0.2, 0) is 14.8 Å². The molecule has 0 unspecified atom stereocenters. The van der Waals surface area contributed by atoms with E-state index < -0.39 is 10.0 Å². The highest BCUT2D eigenvalue weighted by Crippen LogP contribution is 2.20. The molecule has 1 amide bonds. The molecule has 0 aliphatic carbocycles. The number of hydrogen-bond acceptors (Lipinski definition) is 4. The van der Waals surface area contributed by atoms with Crippen molar-refractivity contribution in [1.82, 2.24) is 4.72 Å². The first-order chi connectivity index (χ1) is 14.3. The molecule has 0 aromatic heterocycles. The number of anilines is 1.